The van der Waals surface area contributed by atoms with Gasteiger partial charge in [0, 0.05) is 19.1 Å². The van der Waals surface area contributed by atoms with E-state index < -0.39 is 0 Å². The number of amidine groups is 1. The molecule has 0 bridgehead atoms. The van der Waals surface area contributed by atoms with E-state index in [-0.39, 0.29) is 5.84 Å². The molecular weight excluding hydrogens is 188 g/mol. The average Bonchev–Trinajstić information content (AvgIpc) is 2.45. The lowest BCUT2D eigenvalue weighted by molar-refractivity contribution is 0.429. The molecule has 0 saturated heterocycles. The van der Waals surface area contributed by atoms with Crippen LogP contribution in [0.25, 0.3) is 0 Å². The van der Waals surface area contributed by atoms with Crippen LogP contribution in [-0.4, -0.2) is 21.8 Å². The molecule has 0 unspecified atom stereocenters. The van der Waals surface area contributed by atoms with E-state index in [1.807, 2.05) is 0 Å². The highest BCUT2D eigenvalue weighted by atomic mass is 32.2. The van der Waals surface area contributed by atoms with Crippen LogP contribution in [0.2, 0.25) is 0 Å². The molecule has 6 heteroatoms. The number of nitrogens with zero attached hydrogens (tertiary/aromatic N) is 2. The molecule has 0 spiro atoms. The Morgan fingerprint density at radius 2 is 2.38 bits per heavy atom. The Labute approximate surface area is 80.6 Å². The summed E-state index contributed by atoms with van der Waals surface area (Å²) in [6.07, 6.45) is 1.49. The summed E-state index contributed by atoms with van der Waals surface area (Å²) in [6.45, 7) is 1.76. The van der Waals surface area contributed by atoms with Crippen LogP contribution in [0.3, 0.4) is 0 Å². The standard InChI is InChI=1S/C7H12N4OS/c1-5-10-11-7(12-5)13-4-2-3-6(8)9/h2-4H2,1H3,(H3,8,9). The molecule has 13 heavy (non-hydrogen) atoms. The lowest BCUT2D eigenvalue weighted by Gasteiger charge is -1.95. The topological polar surface area (TPSA) is 88.8 Å². The fourth-order valence-electron chi connectivity index (χ4n) is 0.759. The SMILES string of the molecule is Cc1nnc(SCCCC(=N)N)o1. The third-order valence-corrected chi connectivity index (χ3v) is 2.23. The normalized spacial score (nSPS) is 10.2. The van der Waals surface area contributed by atoms with Crippen LogP contribution in [-0.2, 0) is 0 Å². The Bertz CT molecular complexity index is 286. The second-order valence-electron chi connectivity index (χ2n) is 2.56. The van der Waals surface area contributed by atoms with Crippen molar-refractivity contribution in [2.45, 2.75) is 25.0 Å². The number of aromatic nitrogens is 2. The summed E-state index contributed by atoms with van der Waals surface area (Å²) in [4.78, 5) is 0. The number of nitrogens with one attached hydrogen (secondary N) is 1. The summed E-state index contributed by atoms with van der Waals surface area (Å²) in [5, 5.41) is 15.1. The fraction of sp³-hybridized carbons (Fsp3) is 0.571. The largest absolute Gasteiger partial charge is 0.416 e. The van der Waals surface area contributed by atoms with Gasteiger partial charge in [0.25, 0.3) is 5.22 Å². The minimum atomic E-state index is 0.224. The number of hydrogen-bond acceptors (Lipinski definition) is 5. The molecule has 3 N–H and O–H groups in total. The van der Waals surface area contributed by atoms with E-state index in [1.54, 1.807) is 6.92 Å². The zero-order valence-corrected chi connectivity index (χ0v) is 8.23. The highest BCUT2D eigenvalue weighted by Gasteiger charge is 2.01. The molecule has 0 aliphatic heterocycles. The maximum atomic E-state index is 7.00. The molecule has 0 fully saturated rings. The quantitative estimate of drug-likeness (QED) is 0.322. The molecule has 0 saturated carbocycles. The molecule has 0 amide bonds. The highest BCUT2D eigenvalue weighted by molar-refractivity contribution is 7.99. The van der Waals surface area contributed by atoms with Crippen molar-refractivity contribution in [3.8, 4) is 0 Å². The van der Waals surface area contributed by atoms with E-state index in [2.05, 4.69) is 10.2 Å². The van der Waals surface area contributed by atoms with Crippen LogP contribution < -0.4 is 5.73 Å². The van der Waals surface area contributed by atoms with Gasteiger partial charge in [0.15, 0.2) is 0 Å². The van der Waals surface area contributed by atoms with E-state index in [0.29, 0.717) is 17.5 Å². The van der Waals surface area contributed by atoms with Gasteiger partial charge < -0.3 is 10.2 Å². The van der Waals surface area contributed by atoms with E-state index in [0.717, 1.165) is 12.2 Å². The van der Waals surface area contributed by atoms with Gasteiger partial charge in [0.2, 0.25) is 5.89 Å². The summed E-state index contributed by atoms with van der Waals surface area (Å²) in [5.74, 6) is 1.65. The monoisotopic (exact) mass is 200 g/mol. The van der Waals surface area contributed by atoms with Crippen molar-refractivity contribution in [1.29, 1.82) is 5.41 Å². The van der Waals surface area contributed by atoms with Gasteiger partial charge >= 0.3 is 0 Å². The van der Waals surface area contributed by atoms with Crippen molar-refractivity contribution in [2.24, 2.45) is 5.73 Å². The molecule has 1 heterocycles. The second kappa shape index (κ2) is 4.86. The van der Waals surface area contributed by atoms with Crippen molar-refractivity contribution in [2.75, 3.05) is 5.75 Å². The predicted molar refractivity (Wildman–Crippen MR) is 50.9 cm³/mol. The maximum absolute atomic E-state index is 7.00. The van der Waals surface area contributed by atoms with Gasteiger partial charge in [-0.25, -0.2) is 0 Å². The first kappa shape index (κ1) is 10.0. The van der Waals surface area contributed by atoms with Crippen LogP contribution in [0.5, 0.6) is 0 Å². The molecule has 0 atom stereocenters. The van der Waals surface area contributed by atoms with Crippen LogP contribution >= 0.6 is 11.8 Å². The van der Waals surface area contributed by atoms with Gasteiger partial charge in [-0.2, -0.15) is 0 Å². The fourth-order valence-corrected chi connectivity index (χ4v) is 1.50. The lowest BCUT2D eigenvalue weighted by atomic mass is 10.3. The second-order valence-corrected chi connectivity index (χ2v) is 3.61. The minimum absolute atomic E-state index is 0.224. The Hall–Kier alpha value is -1.04. The first-order valence-corrected chi connectivity index (χ1v) is 4.93. The van der Waals surface area contributed by atoms with E-state index in [1.165, 1.54) is 11.8 Å². The summed E-state index contributed by atoms with van der Waals surface area (Å²) in [5.41, 5.74) is 5.20. The number of thioether (sulfide) groups is 1. The zero-order valence-electron chi connectivity index (χ0n) is 7.41. The van der Waals surface area contributed by atoms with E-state index in [4.69, 9.17) is 15.6 Å². The van der Waals surface area contributed by atoms with E-state index >= 15 is 0 Å². The smallest absolute Gasteiger partial charge is 0.276 e. The molecule has 1 aromatic heterocycles. The number of hydrogen-bond donors (Lipinski definition) is 2. The first-order chi connectivity index (χ1) is 6.18. The van der Waals surface area contributed by atoms with Crippen molar-refractivity contribution in [3.05, 3.63) is 5.89 Å². The first-order valence-electron chi connectivity index (χ1n) is 3.94. The summed E-state index contributed by atoms with van der Waals surface area (Å²) >= 11 is 1.49. The predicted octanol–water partition coefficient (Wildman–Crippen LogP) is 1.19. The Morgan fingerprint density at radius 3 is 2.92 bits per heavy atom. The summed E-state index contributed by atoms with van der Waals surface area (Å²) in [6, 6.07) is 0. The molecule has 1 aromatic rings. The Balaban J connectivity index is 2.16. The van der Waals surface area contributed by atoms with Crippen molar-refractivity contribution < 1.29 is 4.42 Å². The molecular formula is C7H12N4OS. The number of aryl methyl sites for hydroxylation is 1. The average molecular weight is 200 g/mol. The third-order valence-electron chi connectivity index (χ3n) is 1.32. The van der Waals surface area contributed by atoms with Gasteiger partial charge in [-0.1, -0.05) is 11.8 Å². The van der Waals surface area contributed by atoms with Crippen LogP contribution in [0.1, 0.15) is 18.7 Å². The van der Waals surface area contributed by atoms with Crippen molar-refractivity contribution in [3.63, 3.8) is 0 Å². The van der Waals surface area contributed by atoms with Gasteiger partial charge in [0.05, 0.1) is 5.84 Å². The van der Waals surface area contributed by atoms with Crippen LogP contribution in [0.15, 0.2) is 9.64 Å². The third kappa shape index (κ3) is 3.93. The molecule has 0 aromatic carbocycles. The van der Waals surface area contributed by atoms with Gasteiger partial charge in [-0.3, -0.25) is 5.41 Å². The number of nitrogens with two attached hydrogens (primary N) is 1. The summed E-state index contributed by atoms with van der Waals surface area (Å²) < 4.78 is 5.15. The molecule has 1 rings (SSSR count). The Morgan fingerprint density at radius 1 is 1.62 bits per heavy atom. The molecule has 0 aliphatic carbocycles. The van der Waals surface area contributed by atoms with Crippen LogP contribution in [0, 0.1) is 12.3 Å². The van der Waals surface area contributed by atoms with E-state index in [9.17, 15) is 0 Å². The summed E-state index contributed by atoms with van der Waals surface area (Å²) in [7, 11) is 0. The van der Waals surface area contributed by atoms with Crippen molar-refractivity contribution in [1.82, 2.24) is 10.2 Å². The highest BCUT2D eigenvalue weighted by Crippen LogP contribution is 2.16. The van der Waals surface area contributed by atoms with Crippen molar-refractivity contribution >= 4 is 17.6 Å². The van der Waals surface area contributed by atoms with Gasteiger partial charge in [0.1, 0.15) is 0 Å². The molecule has 72 valence electrons. The maximum Gasteiger partial charge on any atom is 0.276 e. The zero-order chi connectivity index (χ0) is 9.68. The molecule has 0 radical (unpaired) electrons. The lowest BCUT2D eigenvalue weighted by Crippen LogP contribution is -2.08. The number of rotatable bonds is 5. The molecule has 5 nitrogen and oxygen atoms in total. The van der Waals surface area contributed by atoms with Gasteiger partial charge in [-0.15, -0.1) is 10.2 Å². The van der Waals surface area contributed by atoms with Crippen LogP contribution in [0.4, 0.5) is 0 Å². The Kier molecular flexibility index (Phi) is 3.75. The minimum Gasteiger partial charge on any atom is -0.416 e. The van der Waals surface area contributed by atoms with Gasteiger partial charge in [-0.05, 0) is 6.42 Å². The molecule has 0 aliphatic rings.